The van der Waals surface area contributed by atoms with Crippen molar-refractivity contribution in [3.8, 4) is 0 Å². The van der Waals surface area contributed by atoms with Crippen molar-refractivity contribution in [1.29, 1.82) is 0 Å². The number of guanidine groups is 1. The normalized spacial score (nSPS) is 11.8. The van der Waals surface area contributed by atoms with Crippen molar-refractivity contribution in [2.45, 2.75) is 26.9 Å². The summed E-state index contributed by atoms with van der Waals surface area (Å²) in [5.74, 6) is 1.76. The van der Waals surface area contributed by atoms with Crippen LogP contribution < -0.4 is 10.6 Å². The largest absolute Gasteiger partial charge is 0.357 e. The molecule has 2 aromatic heterocycles. The predicted octanol–water partition coefficient (Wildman–Crippen LogP) is 2.28. The highest BCUT2D eigenvalue weighted by Gasteiger charge is 2.09. The molecule has 2 rings (SSSR count). The van der Waals surface area contributed by atoms with Gasteiger partial charge in [-0.3, -0.25) is 0 Å². The molecular formula is C13H18Cl2N6O. The van der Waals surface area contributed by atoms with Gasteiger partial charge in [-0.1, -0.05) is 28.4 Å². The summed E-state index contributed by atoms with van der Waals surface area (Å²) in [6.45, 7) is 5.35. The number of nitrogens with one attached hydrogen (secondary N) is 2. The summed E-state index contributed by atoms with van der Waals surface area (Å²) >= 11 is 12.0. The maximum atomic E-state index is 6.04. The van der Waals surface area contributed by atoms with E-state index in [9.17, 15) is 0 Å². The highest BCUT2D eigenvalue weighted by atomic mass is 35.5. The summed E-state index contributed by atoms with van der Waals surface area (Å²) in [7, 11) is 1.85. The molecule has 120 valence electrons. The van der Waals surface area contributed by atoms with Crippen molar-refractivity contribution in [3.63, 3.8) is 0 Å². The molecule has 9 heteroatoms. The molecule has 7 nitrogen and oxygen atoms in total. The van der Waals surface area contributed by atoms with Crippen LogP contribution in [0, 0.1) is 6.92 Å². The van der Waals surface area contributed by atoms with Crippen LogP contribution in [0.25, 0.3) is 0 Å². The van der Waals surface area contributed by atoms with Gasteiger partial charge in [0.1, 0.15) is 5.15 Å². The van der Waals surface area contributed by atoms with Gasteiger partial charge >= 0.3 is 0 Å². The van der Waals surface area contributed by atoms with Crippen LogP contribution in [0.2, 0.25) is 10.2 Å². The smallest absolute Gasteiger partial charge is 0.246 e. The van der Waals surface area contributed by atoms with E-state index in [0.29, 0.717) is 40.9 Å². The Morgan fingerprint density at radius 3 is 2.73 bits per heavy atom. The Balaban J connectivity index is 2.01. The fourth-order valence-corrected chi connectivity index (χ4v) is 2.23. The Labute approximate surface area is 138 Å². The summed E-state index contributed by atoms with van der Waals surface area (Å²) in [6, 6.07) is 1.80. The Morgan fingerprint density at radius 1 is 1.41 bits per heavy atom. The maximum Gasteiger partial charge on any atom is 0.246 e. The van der Waals surface area contributed by atoms with E-state index in [4.69, 9.17) is 27.7 Å². The molecule has 0 aliphatic carbocycles. The van der Waals surface area contributed by atoms with Crippen molar-refractivity contribution in [3.05, 3.63) is 33.7 Å². The van der Waals surface area contributed by atoms with Crippen LogP contribution in [0.15, 0.2) is 15.6 Å². The molecule has 0 unspecified atom stereocenters. The minimum absolute atomic E-state index is 0.404. The molecule has 2 heterocycles. The zero-order valence-electron chi connectivity index (χ0n) is 12.7. The zero-order chi connectivity index (χ0) is 16.1. The second-order valence-corrected chi connectivity index (χ2v) is 5.38. The van der Waals surface area contributed by atoms with Gasteiger partial charge in [0.25, 0.3) is 0 Å². The Morgan fingerprint density at radius 2 is 2.18 bits per heavy atom. The molecule has 2 N–H and O–H groups in total. The van der Waals surface area contributed by atoms with Gasteiger partial charge in [-0.15, -0.1) is 0 Å². The lowest BCUT2D eigenvalue weighted by Crippen LogP contribution is -2.36. The van der Waals surface area contributed by atoms with Gasteiger partial charge in [0.2, 0.25) is 5.89 Å². The van der Waals surface area contributed by atoms with Crippen LogP contribution in [0.3, 0.4) is 0 Å². The van der Waals surface area contributed by atoms with Gasteiger partial charge < -0.3 is 19.7 Å². The van der Waals surface area contributed by atoms with Gasteiger partial charge in [-0.2, -0.15) is 4.98 Å². The third kappa shape index (κ3) is 4.14. The first-order valence-corrected chi connectivity index (χ1v) is 7.57. The van der Waals surface area contributed by atoms with Crippen LogP contribution in [0.5, 0.6) is 0 Å². The molecule has 0 aliphatic rings. The molecule has 0 saturated carbocycles. The number of nitrogens with zero attached hydrogens (tertiary/aromatic N) is 4. The molecule has 0 spiro atoms. The summed E-state index contributed by atoms with van der Waals surface area (Å²) in [5, 5.41) is 11.0. The molecule has 0 saturated heterocycles. The zero-order valence-corrected chi connectivity index (χ0v) is 14.2. The minimum Gasteiger partial charge on any atom is -0.357 e. The Hall–Kier alpha value is -1.73. The van der Waals surface area contributed by atoms with E-state index in [0.717, 1.165) is 12.2 Å². The third-order valence-electron chi connectivity index (χ3n) is 2.94. The second-order valence-electron chi connectivity index (χ2n) is 4.62. The summed E-state index contributed by atoms with van der Waals surface area (Å²) in [6.07, 6.45) is 0. The van der Waals surface area contributed by atoms with Crippen molar-refractivity contribution in [2.75, 3.05) is 6.54 Å². The van der Waals surface area contributed by atoms with Crippen molar-refractivity contribution in [1.82, 2.24) is 25.3 Å². The molecule has 0 aliphatic heterocycles. The van der Waals surface area contributed by atoms with Crippen LogP contribution >= 0.6 is 23.2 Å². The SMILES string of the molecule is CCNC(=NCc1cc(Cl)c(Cl)n1C)NCc1nc(C)no1. The van der Waals surface area contributed by atoms with E-state index in [1.807, 2.05) is 14.0 Å². The molecule has 0 amide bonds. The molecular weight excluding hydrogens is 327 g/mol. The van der Waals surface area contributed by atoms with Gasteiger partial charge in [0.05, 0.1) is 18.1 Å². The highest BCUT2D eigenvalue weighted by molar-refractivity contribution is 6.41. The number of hydrogen-bond acceptors (Lipinski definition) is 4. The number of aromatic nitrogens is 3. The van der Waals surface area contributed by atoms with Gasteiger partial charge in [0.15, 0.2) is 11.8 Å². The average molecular weight is 345 g/mol. The third-order valence-corrected chi connectivity index (χ3v) is 3.78. The molecule has 0 radical (unpaired) electrons. The minimum atomic E-state index is 0.404. The highest BCUT2D eigenvalue weighted by Crippen LogP contribution is 2.25. The van der Waals surface area contributed by atoms with Gasteiger partial charge in [-0.05, 0) is 19.9 Å². The van der Waals surface area contributed by atoms with E-state index in [-0.39, 0.29) is 0 Å². The summed E-state index contributed by atoms with van der Waals surface area (Å²) < 4.78 is 6.85. The number of aliphatic imine (C=N–C) groups is 1. The lowest BCUT2D eigenvalue weighted by molar-refractivity contribution is 0.371. The van der Waals surface area contributed by atoms with E-state index >= 15 is 0 Å². The average Bonchev–Trinajstić information content (AvgIpc) is 3.01. The fourth-order valence-electron chi connectivity index (χ4n) is 1.81. The number of rotatable bonds is 5. The van der Waals surface area contributed by atoms with Crippen LogP contribution in [0.4, 0.5) is 0 Å². The second kappa shape index (κ2) is 7.51. The first-order valence-electron chi connectivity index (χ1n) is 6.82. The lowest BCUT2D eigenvalue weighted by Gasteiger charge is -2.09. The van der Waals surface area contributed by atoms with Gasteiger partial charge in [0, 0.05) is 19.3 Å². The van der Waals surface area contributed by atoms with E-state index in [2.05, 4.69) is 25.8 Å². The fraction of sp³-hybridized carbons (Fsp3) is 0.462. The van der Waals surface area contributed by atoms with Crippen molar-refractivity contribution < 1.29 is 4.52 Å². The summed E-state index contributed by atoms with van der Waals surface area (Å²) in [5.41, 5.74) is 0.917. The Kier molecular flexibility index (Phi) is 5.68. The van der Waals surface area contributed by atoms with E-state index < -0.39 is 0 Å². The van der Waals surface area contributed by atoms with E-state index in [1.165, 1.54) is 0 Å². The maximum absolute atomic E-state index is 6.04. The number of aryl methyl sites for hydroxylation is 1. The predicted molar refractivity (Wildman–Crippen MR) is 86.1 cm³/mol. The van der Waals surface area contributed by atoms with Crippen LogP contribution in [0.1, 0.15) is 24.3 Å². The molecule has 0 bridgehead atoms. The Bertz CT molecular complexity index is 664. The van der Waals surface area contributed by atoms with Crippen LogP contribution in [-0.4, -0.2) is 27.2 Å². The van der Waals surface area contributed by atoms with E-state index in [1.54, 1.807) is 17.6 Å². The topological polar surface area (TPSA) is 80.3 Å². The van der Waals surface area contributed by atoms with Crippen molar-refractivity contribution >= 4 is 29.2 Å². The monoisotopic (exact) mass is 344 g/mol. The first kappa shape index (κ1) is 16.6. The van der Waals surface area contributed by atoms with Crippen LogP contribution in [-0.2, 0) is 20.1 Å². The molecule has 0 aromatic carbocycles. The summed E-state index contributed by atoms with van der Waals surface area (Å²) in [4.78, 5) is 8.62. The van der Waals surface area contributed by atoms with Crippen molar-refractivity contribution in [2.24, 2.45) is 12.0 Å². The lowest BCUT2D eigenvalue weighted by atomic mass is 10.4. The number of halogens is 2. The first-order chi connectivity index (χ1) is 10.5. The number of hydrogen-bond donors (Lipinski definition) is 2. The molecule has 22 heavy (non-hydrogen) atoms. The molecule has 2 aromatic rings. The molecule has 0 fully saturated rings. The molecule has 0 atom stereocenters. The quantitative estimate of drug-likeness (QED) is 0.642. The van der Waals surface area contributed by atoms with Gasteiger partial charge in [-0.25, -0.2) is 4.99 Å². The standard InChI is InChI=1S/C13H18Cl2N6O/c1-4-16-13(18-7-11-19-8(2)20-22-11)17-6-9-5-10(14)12(15)21(9)3/h5H,4,6-7H2,1-3H3,(H2,16,17,18).